The maximum atomic E-state index is 7.13. The van der Waals surface area contributed by atoms with Gasteiger partial charge < -0.3 is 5.73 Å². The Bertz CT molecular complexity index is 249. The smallest absolute Gasteiger partial charge is 0.122 e. The summed E-state index contributed by atoms with van der Waals surface area (Å²) < 4.78 is 0. The van der Waals surface area contributed by atoms with E-state index in [9.17, 15) is 0 Å². The highest BCUT2D eigenvalue weighted by molar-refractivity contribution is 5.94. The highest BCUT2D eigenvalue weighted by Gasteiger charge is 1.94. The summed E-state index contributed by atoms with van der Waals surface area (Å²) in [6.07, 6.45) is 0.776. The van der Waals surface area contributed by atoms with Gasteiger partial charge in [0.15, 0.2) is 0 Å². The lowest BCUT2D eigenvalue weighted by atomic mass is 10.1. The molecule has 57 valence electrons. The fourth-order valence-electron chi connectivity index (χ4n) is 0.851. The number of nitrogens with two attached hydrogens (primary N) is 1. The van der Waals surface area contributed by atoms with Gasteiger partial charge in [-0.15, -0.1) is 0 Å². The first-order valence-corrected chi connectivity index (χ1v) is 3.46. The Labute approximate surface area is 66.6 Å². The molecule has 1 radical (unpaired) electrons. The largest absolute Gasteiger partial charge is 0.384 e. The van der Waals surface area contributed by atoms with Crippen LogP contribution in [-0.2, 0) is 6.42 Å². The van der Waals surface area contributed by atoms with Gasteiger partial charge in [-0.2, -0.15) is 0 Å². The molecule has 0 aliphatic carbocycles. The Kier molecular flexibility index (Phi) is 2.26. The minimum Gasteiger partial charge on any atom is -0.384 e. The van der Waals surface area contributed by atoms with Crippen LogP contribution >= 0.6 is 0 Å². The molecule has 0 saturated heterocycles. The molecule has 2 nitrogen and oxygen atoms in total. The fourth-order valence-corrected chi connectivity index (χ4v) is 0.851. The van der Waals surface area contributed by atoms with Crippen LogP contribution < -0.4 is 5.73 Å². The van der Waals surface area contributed by atoms with Crippen molar-refractivity contribution in [2.75, 3.05) is 0 Å². The molecule has 3 N–H and O–H groups in total. The predicted octanol–water partition coefficient (Wildman–Crippen LogP) is 1.35. The molecule has 1 aromatic carbocycles. The molecule has 0 fully saturated rings. The summed E-state index contributed by atoms with van der Waals surface area (Å²) in [5.41, 5.74) is 7.20. The van der Waals surface area contributed by atoms with Crippen molar-refractivity contribution >= 4 is 5.84 Å². The topological polar surface area (TPSA) is 49.9 Å². The van der Waals surface area contributed by atoms with Gasteiger partial charge in [0.25, 0.3) is 0 Å². The summed E-state index contributed by atoms with van der Waals surface area (Å²) in [5, 5.41) is 7.13. The van der Waals surface area contributed by atoms with Crippen molar-refractivity contribution in [3.05, 3.63) is 42.3 Å². The average Bonchev–Trinajstić information content (AvgIpc) is 2.05. The molecule has 1 aromatic rings. The van der Waals surface area contributed by atoms with E-state index in [1.807, 2.05) is 24.3 Å². The van der Waals surface area contributed by atoms with Gasteiger partial charge in [-0.05, 0) is 18.9 Å². The van der Waals surface area contributed by atoms with Crippen LogP contribution in [0.1, 0.15) is 11.1 Å². The second-order valence-corrected chi connectivity index (χ2v) is 2.36. The zero-order chi connectivity index (χ0) is 8.27. The van der Waals surface area contributed by atoms with E-state index in [0.29, 0.717) is 0 Å². The first-order valence-electron chi connectivity index (χ1n) is 3.46. The molecular weight excluding hydrogens is 136 g/mol. The fraction of sp³-hybridized carbons (Fsp3) is 0.111. The molecule has 0 saturated carbocycles. The van der Waals surface area contributed by atoms with Gasteiger partial charge in [0, 0.05) is 5.56 Å². The van der Waals surface area contributed by atoms with E-state index in [4.69, 9.17) is 11.1 Å². The standard InChI is InChI=1S/C9H11N2/c1-2-7-3-5-8(6-4-7)9(10)11/h3-6H,1-2H2,(H3,10,11). The van der Waals surface area contributed by atoms with Crippen molar-refractivity contribution in [2.24, 2.45) is 5.73 Å². The van der Waals surface area contributed by atoms with Crippen molar-refractivity contribution in [2.45, 2.75) is 6.42 Å². The molecule has 0 amide bonds. The highest BCUT2D eigenvalue weighted by atomic mass is 14.7. The average molecular weight is 147 g/mol. The van der Waals surface area contributed by atoms with E-state index in [-0.39, 0.29) is 5.84 Å². The van der Waals surface area contributed by atoms with Crippen LogP contribution in [0.25, 0.3) is 0 Å². The van der Waals surface area contributed by atoms with Crippen LogP contribution in [0.4, 0.5) is 0 Å². The molecule has 2 heteroatoms. The van der Waals surface area contributed by atoms with Gasteiger partial charge >= 0.3 is 0 Å². The number of hydrogen-bond donors (Lipinski definition) is 2. The zero-order valence-corrected chi connectivity index (χ0v) is 6.30. The lowest BCUT2D eigenvalue weighted by molar-refractivity contribution is 1.27. The Balaban J connectivity index is 2.91. The van der Waals surface area contributed by atoms with Crippen LogP contribution in [0.2, 0.25) is 0 Å². The summed E-state index contributed by atoms with van der Waals surface area (Å²) in [7, 11) is 0. The third kappa shape index (κ3) is 1.80. The minimum atomic E-state index is 0.112. The Morgan fingerprint density at radius 2 is 1.91 bits per heavy atom. The first-order chi connectivity index (χ1) is 5.24. The van der Waals surface area contributed by atoms with Crippen LogP contribution in [0.3, 0.4) is 0 Å². The molecule has 1 rings (SSSR count). The zero-order valence-electron chi connectivity index (χ0n) is 6.30. The maximum absolute atomic E-state index is 7.13. The molecule has 0 aliphatic rings. The molecule has 0 unspecified atom stereocenters. The maximum Gasteiger partial charge on any atom is 0.122 e. The second kappa shape index (κ2) is 3.19. The molecule has 0 atom stereocenters. The van der Waals surface area contributed by atoms with Crippen LogP contribution in [-0.4, -0.2) is 5.84 Å². The third-order valence-electron chi connectivity index (χ3n) is 1.55. The summed E-state index contributed by atoms with van der Waals surface area (Å²) in [6, 6.07) is 7.54. The molecule has 0 aromatic heterocycles. The normalized spacial score (nSPS) is 9.55. The van der Waals surface area contributed by atoms with E-state index < -0.39 is 0 Å². The van der Waals surface area contributed by atoms with E-state index in [1.54, 1.807) is 0 Å². The van der Waals surface area contributed by atoms with Gasteiger partial charge in [0.2, 0.25) is 0 Å². The summed E-state index contributed by atoms with van der Waals surface area (Å²) >= 11 is 0. The van der Waals surface area contributed by atoms with Crippen LogP contribution in [0, 0.1) is 12.3 Å². The number of nitrogens with one attached hydrogen (secondary N) is 1. The minimum absolute atomic E-state index is 0.112. The first kappa shape index (κ1) is 7.79. The predicted molar refractivity (Wildman–Crippen MR) is 46.5 cm³/mol. The van der Waals surface area contributed by atoms with Crippen molar-refractivity contribution in [1.29, 1.82) is 5.41 Å². The van der Waals surface area contributed by atoms with Crippen LogP contribution in [0.15, 0.2) is 24.3 Å². The van der Waals surface area contributed by atoms with E-state index in [0.717, 1.165) is 17.5 Å². The number of amidine groups is 1. The van der Waals surface area contributed by atoms with Gasteiger partial charge in [-0.3, -0.25) is 5.41 Å². The van der Waals surface area contributed by atoms with Crippen LogP contribution in [0.5, 0.6) is 0 Å². The Morgan fingerprint density at radius 3 is 2.27 bits per heavy atom. The SMILES string of the molecule is [CH2]Cc1ccc(C(=N)N)cc1. The molecule has 0 heterocycles. The number of rotatable bonds is 2. The molecule has 0 spiro atoms. The van der Waals surface area contributed by atoms with Gasteiger partial charge in [-0.25, -0.2) is 0 Å². The van der Waals surface area contributed by atoms with E-state index in [2.05, 4.69) is 6.92 Å². The molecule has 0 bridgehead atoms. The van der Waals surface area contributed by atoms with Crippen molar-refractivity contribution in [3.8, 4) is 0 Å². The lowest BCUT2D eigenvalue weighted by Crippen LogP contribution is -2.10. The van der Waals surface area contributed by atoms with Crippen molar-refractivity contribution < 1.29 is 0 Å². The molecule has 11 heavy (non-hydrogen) atoms. The van der Waals surface area contributed by atoms with E-state index in [1.165, 1.54) is 0 Å². The van der Waals surface area contributed by atoms with Crippen molar-refractivity contribution in [1.82, 2.24) is 0 Å². The van der Waals surface area contributed by atoms with Gasteiger partial charge in [0.05, 0.1) is 0 Å². The summed E-state index contributed by atoms with van der Waals surface area (Å²) in [6.45, 7) is 3.75. The number of hydrogen-bond acceptors (Lipinski definition) is 1. The highest BCUT2D eigenvalue weighted by Crippen LogP contribution is 2.03. The lowest BCUT2D eigenvalue weighted by Gasteiger charge is -1.98. The van der Waals surface area contributed by atoms with Crippen molar-refractivity contribution in [3.63, 3.8) is 0 Å². The summed E-state index contributed by atoms with van der Waals surface area (Å²) in [5.74, 6) is 0.112. The van der Waals surface area contributed by atoms with Gasteiger partial charge in [-0.1, -0.05) is 24.3 Å². The van der Waals surface area contributed by atoms with Gasteiger partial charge in [0.1, 0.15) is 5.84 Å². The van der Waals surface area contributed by atoms with E-state index >= 15 is 0 Å². The molecular formula is C9H11N2. The Morgan fingerprint density at radius 1 is 1.36 bits per heavy atom. The number of nitrogen functional groups attached to an aromatic ring is 1. The summed E-state index contributed by atoms with van der Waals surface area (Å²) in [4.78, 5) is 0. The quantitative estimate of drug-likeness (QED) is 0.481. The third-order valence-corrected chi connectivity index (χ3v) is 1.55. The Hall–Kier alpha value is -1.31. The monoisotopic (exact) mass is 147 g/mol. The molecule has 0 aliphatic heterocycles. The number of benzene rings is 1. The second-order valence-electron chi connectivity index (χ2n) is 2.36.